The molecular weight excluding hydrogens is 278 g/mol. The summed E-state index contributed by atoms with van der Waals surface area (Å²) in [5, 5.41) is 11.6. The van der Waals surface area contributed by atoms with Crippen LogP contribution in [0.25, 0.3) is 0 Å². The predicted octanol–water partition coefficient (Wildman–Crippen LogP) is 2.22. The maximum atomic E-state index is 13.2. The summed E-state index contributed by atoms with van der Waals surface area (Å²) in [6, 6.07) is 5.19. The van der Waals surface area contributed by atoms with Crippen molar-refractivity contribution in [2.45, 2.75) is 12.6 Å². The van der Waals surface area contributed by atoms with Crippen molar-refractivity contribution in [3.63, 3.8) is 0 Å². The Hall–Kier alpha value is -1.63. The minimum absolute atomic E-state index is 0.0671. The lowest BCUT2D eigenvalue weighted by Crippen LogP contribution is -2.51. The van der Waals surface area contributed by atoms with E-state index in [1.54, 1.807) is 0 Å². The highest BCUT2D eigenvalue weighted by molar-refractivity contribution is 5.77. The van der Waals surface area contributed by atoms with Crippen LogP contribution in [0.1, 0.15) is 5.56 Å². The van der Waals surface area contributed by atoms with E-state index in [2.05, 4.69) is 5.32 Å². The van der Waals surface area contributed by atoms with Crippen LogP contribution in [-0.2, 0) is 11.2 Å². The van der Waals surface area contributed by atoms with E-state index in [0.717, 1.165) is 6.07 Å². The van der Waals surface area contributed by atoms with Gasteiger partial charge in [-0.2, -0.15) is 13.2 Å². The molecule has 7 heteroatoms. The molecule has 1 fully saturated rings. The normalized spacial score (nSPS) is 26.7. The quantitative estimate of drug-likeness (QED) is 0.840. The minimum atomic E-state index is -4.86. The molecule has 1 aliphatic heterocycles. The lowest BCUT2D eigenvalue weighted by atomic mass is 9.74. The van der Waals surface area contributed by atoms with Crippen LogP contribution in [0.15, 0.2) is 24.3 Å². The molecule has 0 saturated carbocycles. The molecule has 2 atom stereocenters. The topological polar surface area (TPSA) is 49.3 Å². The first kappa shape index (κ1) is 14.8. The zero-order valence-corrected chi connectivity index (χ0v) is 10.4. The summed E-state index contributed by atoms with van der Waals surface area (Å²) in [5.41, 5.74) is -2.46. The van der Waals surface area contributed by atoms with Gasteiger partial charge in [-0.3, -0.25) is 4.79 Å². The van der Waals surface area contributed by atoms with E-state index in [1.165, 1.54) is 18.2 Å². The van der Waals surface area contributed by atoms with Crippen LogP contribution in [0.2, 0.25) is 0 Å². The van der Waals surface area contributed by atoms with Gasteiger partial charge in [0.05, 0.1) is 0 Å². The van der Waals surface area contributed by atoms with E-state index in [1.807, 2.05) is 0 Å². The van der Waals surface area contributed by atoms with Gasteiger partial charge in [0.1, 0.15) is 5.82 Å². The van der Waals surface area contributed by atoms with Crippen molar-refractivity contribution in [2.24, 2.45) is 11.3 Å². The largest absolute Gasteiger partial charge is 0.481 e. The number of carboxylic acids is 1. The highest BCUT2D eigenvalue weighted by Gasteiger charge is 2.66. The Morgan fingerprint density at radius 1 is 1.45 bits per heavy atom. The van der Waals surface area contributed by atoms with Crippen molar-refractivity contribution in [3.8, 4) is 0 Å². The molecule has 0 unspecified atom stereocenters. The Morgan fingerprint density at radius 2 is 2.15 bits per heavy atom. The standard InChI is InChI=1S/C13H13F4NO2/c14-10-3-1-2-8(5-10)4-9-6-18-7-12(9,11(19)20)13(15,16)17/h1-3,5,9,18H,4,6-7H2,(H,19,20)/t9-,12-/m1/s1. The molecule has 2 N–H and O–H groups in total. The molecule has 0 aromatic heterocycles. The van der Waals surface area contributed by atoms with Gasteiger partial charge in [0.15, 0.2) is 5.41 Å². The number of nitrogens with one attached hydrogen (secondary N) is 1. The third kappa shape index (κ3) is 2.37. The van der Waals surface area contributed by atoms with Crippen LogP contribution in [-0.4, -0.2) is 30.3 Å². The van der Waals surface area contributed by atoms with Gasteiger partial charge >= 0.3 is 12.1 Å². The van der Waals surface area contributed by atoms with Crippen LogP contribution in [0, 0.1) is 17.2 Å². The highest BCUT2D eigenvalue weighted by atomic mass is 19.4. The molecule has 1 aliphatic rings. The van der Waals surface area contributed by atoms with Crippen molar-refractivity contribution < 1.29 is 27.5 Å². The fourth-order valence-corrected chi connectivity index (χ4v) is 2.66. The Labute approximate surface area is 112 Å². The molecular formula is C13H13F4NO2. The maximum Gasteiger partial charge on any atom is 0.406 e. The molecule has 1 heterocycles. The lowest BCUT2D eigenvalue weighted by molar-refractivity contribution is -0.236. The van der Waals surface area contributed by atoms with Crippen LogP contribution in [0.4, 0.5) is 17.6 Å². The molecule has 2 rings (SSSR count). The molecule has 0 amide bonds. The van der Waals surface area contributed by atoms with E-state index < -0.39 is 35.8 Å². The third-order valence-corrected chi connectivity index (χ3v) is 3.75. The number of hydrogen-bond donors (Lipinski definition) is 2. The van der Waals surface area contributed by atoms with Crippen LogP contribution in [0.5, 0.6) is 0 Å². The van der Waals surface area contributed by atoms with E-state index in [0.29, 0.717) is 5.56 Å². The van der Waals surface area contributed by atoms with Crippen LogP contribution < -0.4 is 5.32 Å². The zero-order chi connectivity index (χ0) is 15.0. The van der Waals surface area contributed by atoms with Gasteiger partial charge in [0.2, 0.25) is 0 Å². The molecule has 3 nitrogen and oxygen atoms in total. The van der Waals surface area contributed by atoms with E-state index in [9.17, 15) is 22.4 Å². The first-order valence-electron chi connectivity index (χ1n) is 6.02. The van der Waals surface area contributed by atoms with Crippen molar-refractivity contribution >= 4 is 5.97 Å². The Kier molecular flexibility index (Phi) is 3.73. The second kappa shape index (κ2) is 5.05. The molecule has 20 heavy (non-hydrogen) atoms. The molecule has 0 radical (unpaired) electrons. The van der Waals surface area contributed by atoms with Gasteiger partial charge in [-0.05, 0) is 30.7 Å². The fraction of sp³-hybridized carbons (Fsp3) is 0.462. The summed E-state index contributed by atoms with van der Waals surface area (Å²) >= 11 is 0. The average Bonchev–Trinajstić information content (AvgIpc) is 2.73. The number of rotatable bonds is 3. The third-order valence-electron chi connectivity index (χ3n) is 3.75. The summed E-state index contributed by atoms with van der Waals surface area (Å²) in [4.78, 5) is 11.2. The first-order chi connectivity index (χ1) is 9.27. The summed E-state index contributed by atoms with van der Waals surface area (Å²) in [5.74, 6) is -3.61. The lowest BCUT2D eigenvalue weighted by Gasteiger charge is -2.32. The molecule has 0 aliphatic carbocycles. The number of carboxylic acid groups (broad SMARTS) is 1. The van der Waals surface area contributed by atoms with Crippen molar-refractivity contribution in [1.82, 2.24) is 5.32 Å². The SMILES string of the molecule is O=C(O)[C@@]1(C(F)(F)F)CNC[C@H]1Cc1cccc(F)c1. The van der Waals surface area contributed by atoms with E-state index >= 15 is 0 Å². The van der Waals surface area contributed by atoms with Crippen molar-refractivity contribution in [2.75, 3.05) is 13.1 Å². The first-order valence-corrected chi connectivity index (χ1v) is 6.02. The van der Waals surface area contributed by atoms with Gasteiger partial charge < -0.3 is 10.4 Å². The number of benzene rings is 1. The van der Waals surface area contributed by atoms with Gasteiger partial charge in [-0.25, -0.2) is 4.39 Å². The second-order valence-corrected chi connectivity index (χ2v) is 4.94. The Bertz CT molecular complexity index is 517. The van der Waals surface area contributed by atoms with Gasteiger partial charge in [0, 0.05) is 12.5 Å². The van der Waals surface area contributed by atoms with Crippen LogP contribution in [0.3, 0.4) is 0 Å². The fourth-order valence-electron chi connectivity index (χ4n) is 2.66. The summed E-state index contributed by atoms with van der Waals surface area (Å²) in [7, 11) is 0. The number of alkyl halides is 3. The smallest absolute Gasteiger partial charge is 0.406 e. The van der Waals surface area contributed by atoms with E-state index in [4.69, 9.17) is 5.11 Å². The molecule has 1 saturated heterocycles. The molecule has 1 aromatic rings. The monoisotopic (exact) mass is 291 g/mol. The zero-order valence-electron chi connectivity index (χ0n) is 10.4. The van der Waals surface area contributed by atoms with Gasteiger partial charge in [0.25, 0.3) is 0 Å². The Morgan fingerprint density at radius 3 is 2.70 bits per heavy atom. The van der Waals surface area contributed by atoms with Crippen molar-refractivity contribution in [1.29, 1.82) is 0 Å². The molecule has 1 aromatic carbocycles. The van der Waals surface area contributed by atoms with Crippen molar-refractivity contribution in [3.05, 3.63) is 35.6 Å². The maximum absolute atomic E-state index is 13.2. The summed E-state index contributed by atoms with van der Waals surface area (Å²) in [6.45, 7) is -0.728. The molecule has 0 spiro atoms. The van der Waals surface area contributed by atoms with Gasteiger partial charge in [-0.15, -0.1) is 0 Å². The molecule has 0 bridgehead atoms. The highest BCUT2D eigenvalue weighted by Crippen LogP contribution is 2.47. The average molecular weight is 291 g/mol. The Balaban J connectivity index is 2.32. The number of aliphatic carboxylic acids is 1. The predicted molar refractivity (Wildman–Crippen MR) is 62.6 cm³/mol. The second-order valence-electron chi connectivity index (χ2n) is 4.94. The summed E-state index contributed by atoms with van der Waals surface area (Å²) in [6.07, 6.45) is -5.00. The van der Waals surface area contributed by atoms with E-state index in [-0.39, 0.29) is 13.0 Å². The molecule has 110 valence electrons. The number of carbonyl (C=O) groups is 1. The number of halogens is 4. The van der Waals surface area contributed by atoms with Gasteiger partial charge in [-0.1, -0.05) is 12.1 Å². The summed E-state index contributed by atoms with van der Waals surface area (Å²) < 4.78 is 52.7. The van der Waals surface area contributed by atoms with Crippen LogP contribution >= 0.6 is 0 Å². The minimum Gasteiger partial charge on any atom is -0.481 e. The number of hydrogen-bond acceptors (Lipinski definition) is 2.